The number of fused-ring (bicyclic) bond motifs is 12. The minimum absolute atomic E-state index is 0.795. The van der Waals surface area contributed by atoms with Crippen LogP contribution in [0.15, 0.2) is 227 Å². The van der Waals surface area contributed by atoms with Gasteiger partial charge >= 0.3 is 0 Å². The standard InChI is InChI=1S/C62H36O2/c1-2-13-38-32-40(25-24-37(38)12-1)39-14-11-15-43(33-39)59-49-19-5-7-21-51(49)60(52-22-8-6-20-50(52)59)53-29-28-45(46-16-3-4-17-47(46)53)42-27-26-41-36-58-56(35-44(41)34-42)55-31-30-54-48-18-9-10-23-57(48)63-61(54)62(55)64-58/h1-36H. The molecule has 0 aliphatic rings. The molecule has 2 heterocycles. The maximum absolute atomic E-state index is 6.57. The van der Waals surface area contributed by atoms with Crippen molar-refractivity contribution in [2.45, 2.75) is 0 Å². The number of rotatable bonds is 4. The highest BCUT2D eigenvalue weighted by atomic mass is 16.4. The molecule has 0 aliphatic carbocycles. The average molecular weight is 813 g/mol. The molecule has 0 radical (unpaired) electrons. The summed E-state index contributed by atoms with van der Waals surface area (Å²) in [5.41, 5.74) is 13.1. The van der Waals surface area contributed by atoms with Gasteiger partial charge in [-0.15, -0.1) is 0 Å². The number of para-hydroxylation sites is 1. The molecule has 14 rings (SSSR count). The van der Waals surface area contributed by atoms with E-state index in [0.717, 1.165) is 49.3 Å². The summed E-state index contributed by atoms with van der Waals surface area (Å²) in [6.07, 6.45) is 0. The molecule has 2 nitrogen and oxygen atoms in total. The van der Waals surface area contributed by atoms with Gasteiger partial charge in [-0.2, -0.15) is 0 Å². The average Bonchev–Trinajstić information content (AvgIpc) is 3.92. The third kappa shape index (κ3) is 5.20. The van der Waals surface area contributed by atoms with Crippen molar-refractivity contribution < 1.29 is 8.83 Å². The van der Waals surface area contributed by atoms with Crippen LogP contribution in [0.3, 0.4) is 0 Å². The van der Waals surface area contributed by atoms with Gasteiger partial charge in [-0.25, -0.2) is 0 Å². The summed E-state index contributed by atoms with van der Waals surface area (Å²) in [6.45, 7) is 0. The second-order valence-corrected chi connectivity index (χ2v) is 17.1. The van der Waals surface area contributed by atoms with Crippen LogP contribution in [-0.2, 0) is 0 Å². The molecule has 0 amide bonds. The van der Waals surface area contributed by atoms with Gasteiger partial charge in [-0.1, -0.05) is 170 Å². The first-order chi connectivity index (χ1) is 31.7. The number of furan rings is 2. The van der Waals surface area contributed by atoms with Crippen LogP contribution in [0.5, 0.6) is 0 Å². The van der Waals surface area contributed by atoms with E-state index in [0.29, 0.717) is 0 Å². The summed E-state index contributed by atoms with van der Waals surface area (Å²) in [5.74, 6) is 0. The Hall–Kier alpha value is -8.46. The number of hydrogen-bond donors (Lipinski definition) is 0. The predicted octanol–water partition coefficient (Wildman–Crippen LogP) is 17.9. The van der Waals surface area contributed by atoms with Crippen molar-refractivity contribution in [2.24, 2.45) is 0 Å². The lowest BCUT2D eigenvalue weighted by Gasteiger charge is -2.20. The Morgan fingerprint density at radius 1 is 0.219 bits per heavy atom. The SMILES string of the molecule is c1cc(-c2ccc3ccccc3c2)cc(-c2c3ccccc3c(-c3ccc(-c4ccc5cc6oc7c(ccc8c9ccccc9oc87)c6cc5c4)c4ccccc34)c3ccccc23)c1. The van der Waals surface area contributed by atoms with Gasteiger partial charge < -0.3 is 8.83 Å². The molecule has 0 bridgehead atoms. The summed E-state index contributed by atoms with van der Waals surface area (Å²) in [5, 5.41) is 16.6. The van der Waals surface area contributed by atoms with Gasteiger partial charge in [-0.3, -0.25) is 0 Å². The zero-order valence-corrected chi connectivity index (χ0v) is 34.6. The van der Waals surface area contributed by atoms with Crippen LogP contribution in [0.2, 0.25) is 0 Å². The maximum atomic E-state index is 6.57. The van der Waals surface area contributed by atoms with Crippen LogP contribution < -0.4 is 0 Å². The van der Waals surface area contributed by atoms with E-state index >= 15 is 0 Å². The van der Waals surface area contributed by atoms with E-state index < -0.39 is 0 Å². The van der Waals surface area contributed by atoms with Gasteiger partial charge in [0.2, 0.25) is 0 Å². The molecule has 0 fully saturated rings. The second-order valence-electron chi connectivity index (χ2n) is 17.1. The van der Waals surface area contributed by atoms with Crippen molar-refractivity contribution in [3.63, 3.8) is 0 Å². The zero-order chi connectivity index (χ0) is 41.9. The Kier molecular flexibility index (Phi) is 7.43. The Balaban J connectivity index is 0.925. The molecule has 0 spiro atoms. The van der Waals surface area contributed by atoms with Gasteiger partial charge in [-0.05, 0) is 147 Å². The first-order valence-electron chi connectivity index (χ1n) is 22.0. The summed E-state index contributed by atoms with van der Waals surface area (Å²) in [7, 11) is 0. The van der Waals surface area contributed by atoms with Crippen LogP contribution in [0.25, 0.3) is 142 Å². The highest BCUT2D eigenvalue weighted by Crippen LogP contribution is 2.47. The number of benzene rings is 12. The van der Waals surface area contributed by atoms with Crippen LogP contribution in [0, 0.1) is 0 Å². The zero-order valence-electron chi connectivity index (χ0n) is 34.6. The summed E-state index contributed by atoms with van der Waals surface area (Å²) < 4.78 is 12.9. The molecule has 0 saturated heterocycles. The van der Waals surface area contributed by atoms with Crippen molar-refractivity contribution in [1.82, 2.24) is 0 Å². The van der Waals surface area contributed by atoms with E-state index in [9.17, 15) is 0 Å². The number of hydrogen-bond acceptors (Lipinski definition) is 2. The van der Waals surface area contributed by atoms with Crippen LogP contribution in [-0.4, -0.2) is 0 Å². The topological polar surface area (TPSA) is 26.3 Å². The maximum Gasteiger partial charge on any atom is 0.178 e. The predicted molar refractivity (Wildman–Crippen MR) is 270 cm³/mol. The van der Waals surface area contributed by atoms with Crippen LogP contribution in [0.1, 0.15) is 0 Å². The van der Waals surface area contributed by atoms with Gasteiger partial charge in [0.05, 0.1) is 0 Å². The van der Waals surface area contributed by atoms with Crippen LogP contribution in [0.4, 0.5) is 0 Å². The third-order valence-corrected chi connectivity index (χ3v) is 13.6. The lowest BCUT2D eigenvalue weighted by atomic mass is 9.83. The van der Waals surface area contributed by atoms with Crippen molar-refractivity contribution in [2.75, 3.05) is 0 Å². The molecule has 296 valence electrons. The molecule has 0 N–H and O–H groups in total. The van der Waals surface area contributed by atoms with E-state index in [4.69, 9.17) is 8.83 Å². The second kappa shape index (κ2) is 13.5. The monoisotopic (exact) mass is 812 g/mol. The minimum atomic E-state index is 0.795. The molecule has 64 heavy (non-hydrogen) atoms. The van der Waals surface area contributed by atoms with Crippen molar-refractivity contribution in [3.8, 4) is 44.5 Å². The van der Waals surface area contributed by atoms with Gasteiger partial charge in [0, 0.05) is 21.5 Å². The Morgan fingerprint density at radius 2 is 0.734 bits per heavy atom. The Morgan fingerprint density at radius 3 is 1.50 bits per heavy atom. The van der Waals surface area contributed by atoms with E-state index in [1.807, 2.05) is 12.1 Å². The molecule has 0 saturated carbocycles. The fourth-order valence-corrected chi connectivity index (χ4v) is 10.6. The minimum Gasteiger partial charge on any atom is -0.452 e. The third-order valence-electron chi connectivity index (χ3n) is 13.6. The smallest absolute Gasteiger partial charge is 0.178 e. The van der Waals surface area contributed by atoms with Gasteiger partial charge in [0.15, 0.2) is 11.2 Å². The highest BCUT2D eigenvalue weighted by molar-refractivity contribution is 6.25. The van der Waals surface area contributed by atoms with Gasteiger partial charge in [0.1, 0.15) is 11.2 Å². The van der Waals surface area contributed by atoms with E-state index in [2.05, 4.69) is 206 Å². The molecule has 2 aromatic heterocycles. The molecule has 14 aromatic rings. The van der Waals surface area contributed by atoms with E-state index in [1.54, 1.807) is 0 Å². The molecule has 0 atom stereocenters. The molecule has 0 aliphatic heterocycles. The lowest BCUT2D eigenvalue weighted by molar-refractivity contribution is 0.633. The fourth-order valence-electron chi connectivity index (χ4n) is 10.6. The van der Waals surface area contributed by atoms with Crippen molar-refractivity contribution in [1.29, 1.82) is 0 Å². The Labute approximate surface area is 367 Å². The summed E-state index contributed by atoms with van der Waals surface area (Å²) >= 11 is 0. The van der Waals surface area contributed by atoms with Crippen molar-refractivity contribution in [3.05, 3.63) is 218 Å². The molecule has 0 unspecified atom stereocenters. The normalized spacial score (nSPS) is 12.1. The molecular formula is C62H36O2. The van der Waals surface area contributed by atoms with E-state index in [1.165, 1.54) is 93.0 Å². The Bertz CT molecular complexity index is 4200. The van der Waals surface area contributed by atoms with Crippen LogP contribution >= 0.6 is 0 Å². The molecule has 2 heteroatoms. The van der Waals surface area contributed by atoms with Gasteiger partial charge in [0.25, 0.3) is 0 Å². The quantitative estimate of drug-likeness (QED) is 0.166. The first kappa shape index (κ1) is 35.2. The van der Waals surface area contributed by atoms with Crippen molar-refractivity contribution >= 4 is 97.7 Å². The lowest BCUT2D eigenvalue weighted by Crippen LogP contribution is -1.93. The fraction of sp³-hybridized carbons (Fsp3) is 0. The highest BCUT2D eigenvalue weighted by Gasteiger charge is 2.21. The van der Waals surface area contributed by atoms with E-state index in [-0.39, 0.29) is 0 Å². The first-order valence-corrected chi connectivity index (χ1v) is 22.0. The summed E-state index contributed by atoms with van der Waals surface area (Å²) in [4.78, 5) is 0. The summed E-state index contributed by atoms with van der Waals surface area (Å²) in [6, 6.07) is 79.7. The molecular weight excluding hydrogens is 777 g/mol. The molecule has 12 aromatic carbocycles. The largest absolute Gasteiger partial charge is 0.452 e.